The minimum Gasteiger partial charge on any atom is -0.480 e. The van der Waals surface area contributed by atoms with Crippen LogP contribution in [0.3, 0.4) is 0 Å². The molecule has 1 heterocycles. The number of ether oxygens (including phenoxy) is 1. The molecule has 0 spiro atoms. The molecule has 1 saturated heterocycles. The molecule has 0 radical (unpaired) electrons. The van der Waals surface area contributed by atoms with Crippen LogP contribution in [0.5, 0.6) is 0 Å². The molecule has 1 aliphatic rings. The first-order chi connectivity index (χ1) is 9.40. The van der Waals surface area contributed by atoms with Gasteiger partial charge in [-0.1, -0.05) is 13.3 Å². The van der Waals surface area contributed by atoms with Crippen molar-refractivity contribution in [1.29, 1.82) is 0 Å². The molecule has 1 rings (SSSR count). The first-order valence-corrected chi connectivity index (χ1v) is 6.63. The van der Waals surface area contributed by atoms with Gasteiger partial charge in [-0.2, -0.15) is 0 Å². The van der Waals surface area contributed by atoms with Crippen molar-refractivity contribution in [3.05, 3.63) is 0 Å². The lowest BCUT2D eigenvalue weighted by molar-refractivity contribution is -0.155. The van der Waals surface area contributed by atoms with Crippen LogP contribution >= 0.6 is 0 Å². The lowest BCUT2D eigenvalue weighted by Gasteiger charge is -2.33. The minimum absolute atomic E-state index is 0.0637. The molecule has 112 valence electrons. The second-order valence-electron chi connectivity index (χ2n) is 4.77. The number of hydrogen-bond acceptors (Lipinski definition) is 5. The van der Waals surface area contributed by atoms with Crippen molar-refractivity contribution >= 4 is 23.8 Å². The number of unbranched alkanes of at least 4 members (excludes halogenated alkanes) is 1. The molecule has 2 atom stereocenters. The lowest BCUT2D eigenvalue weighted by atomic mass is 9.89. The second-order valence-corrected chi connectivity index (χ2v) is 4.77. The monoisotopic (exact) mass is 285 g/mol. The number of ketones is 1. The summed E-state index contributed by atoms with van der Waals surface area (Å²) in [5.74, 6) is -3.38. The average molecular weight is 285 g/mol. The third-order valence-corrected chi connectivity index (χ3v) is 3.27. The van der Waals surface area contributed by atoms with E-state index < -0.39 is 29.9 Å². The molecule has 1 aliphatic heterocycles. The predicted octanol–water partition coefficient (Wildman–Crippen LogP) is 1.20. The van der Waals surface area contributed by atoms with Crippen LogP contribution in [0.15, 0.2) is 0 Å². The zero-order valence-electron chi connectivity index (χ0n) is 11.6. The van der Waals surface area contributed by atoms with Gasteiger partial charge >= 0.3 is 12.1 Å². The predicted molar refractivity (Wildman–Crippen MR) is 67.9 cm³/mol. The molecule has 7 nitrogen and oxygen atoms in total. The van der Waals surface area contributed by atoms with Gasteiger partial charge < -0.3 is 9.84 Å². The van der Waals surface area contributed by atoms with Crippen molar-refractivity contribution in [2.24, 2.45) is 5.92 Å². The van der Waals surface area contributed by atoms with Gasteiger partial charge in [-0.15, -0.1) is 0 Å². The van der Waals surface area contributed by atoms with Gasteiger partial charge in [-0.05, 0) is 26.2 Å². The van der Waals surface area contributed by atoms with Crippen LogP contribution in [0.4, 0.5) is 4.79 Å². The maximum absolute atomic E-state index is 12.1. The van der Waals surface area contributed by atoms with Crippen LogP contribution in [0.2, 0.25) is 0 Å². The number of carbonyl (C=O) groups is 4. The fourth-order valence-electron chi connectivity index (χ4n) is 2.10. The fourth-order valence-corrected chi connectivity index (χ4v) is 2.10. The minimum atomic E-state index is -1.27. The molecular weight excluding hydrogens is 266 g/mol. The molecule has 0 aromatic carbocycles. The standard InChI is InChI=1S/C13H19NO6/c1-3-4-7-20-13(19)14-10(12(17)18)6-5-9(8(2)15)11(14)16/h9-10H,3-7H2,1-2H3,(H,17,18). The van der Waals surface area contributed by atoms with Crippen LogP contribution in [-0.2, 0) is 19.1 Å². The number of imide groups is 1. The summed E-state index contributed by atoms with van der Waals surface area (Å²) in [7, 11) is 0. The highest BCUT2D eigenvalue weighted by atomic mass is 16.6. The Hall–Kier alpha value is -1.92. The molecule has 2 amide bonds. The summed E-state index contributed by atoms with van der Waals surface area (Å²) in [6.07, 6.45) is 0.654. The van der Waals surface area contributed by atoms with E-state index in [-0.39, 0.29) is 25.2 Å². The van der Waals surface area contributed by atoms with Gasteiger partial charge in [-0.3, -0.25) is 9.59 Å². The van der Waals surface area contributed by atoms with Gasteiger partial charge in [-0.25, -0.2) is 14.5 Å². The summed E-state index contributed by atoms with van der Waals surface area (Å²) in [6, 6.07) is -1.26. The molecular formula is C13H19NO6. The van der Waals surface area contributed by atoms with Crippen LogP contribution in [-0.4, -0.2) is 46.4 Å². The third kappa shape index (κ3) is 3.55. The van der Waals surface area contributed by atoms with Crippen molar-refractivity contribution in [2.75, 3.05) is 6.61 Å². The van der Waals surface area contributed by atoms with E-state index >= 15 is 0 Å². The number of nitrogens with zero attached hydrogens (tertiary/aromatic N) is 1. The summed E-state index contributed by atoms with van der Waals surface area (Å²) in [6.45, 7) is 3.28. The normalized spacial score (nSPS) is 22.5. The maximum atomic E-state index is 12.1. The van der Waals surface area contributed by atoms with Gasteiger partial charge in [0.15, 0.2) is 0 Å². The maximum Gasteiger partial charge on any atom is 0.417 e. The number of aliphatic carboxylic acids is 1. The van der Waals surface area contributed by atoms with Crippen LogP contribution < -0.4 is 0 Å². The average Bonchev–Trinajstić information content (AvgIpc) is 2.37. The number of carboxylic acid groups (broad SMARTS) is 1. The molecule has 0 aromatic rings. The lowest BCUT2D eigenvalue weighted by Crippen LogP contribution is -2.55. The Balaban J connectivity index is 2.87. The largest absolute Gasteiger partial charge is 0.480 e. The van der Waals surface area contributed by atoms with Gasteiger partial charge in [0, 0.05) is 0 Å². The Labute approximate surface area is 116 Å². The van der Waals surface area contributed by atoms with Crippen molar-refractivity contribution in [2.45, 2.75) is 45.6 Å². The molecule has 0 bridgehead atoms. The summed E-state index contributed by atoms with van der Waals surface area (Å²) < 4.78 is 4.89. The van der Waals surface area contributed by atoms with E-state index in [1.54, 1.807) is 0 Å². The Morgan fingerprint density at radius 2 is 2.00 bits per heavy atom. The molecule has 1 fully saturated rings. The molecule has 0 saturated carbocycles. The number of carboxylic acids is 1. The molecule has 7 heteroatoms. The zero-order valence-corrected chi connectivity index (χ0v) is 11.6. The number of likely N-dealkylation sites (tertiary alicyclic amines) is 1. The SMILES string of the molecule is CCCCOC(=O)N1C(=O)C(C(C)=O)CCC1C(=O)O. The van der Waals surface area contributed by atoms with Crippen LogP contribution in [0.25, 0.3) is 0 Å². The molecule has 1 N–H and O–H groups in total. The smallest absolute Gasteiger partial charge is 0.417 e. The highest BCUT2D eigenvalue weighted by molar-refractivity contribution is 6.07. The fraction of sp³-hybridized carbons (Fsp3) is 0.692. The Kier molecular flexibility index (Phi) is 5.66. The third-order valence-electron chi connectivity index (χ3n) is 3.27. The Morgan fingerprint density at radius 3 is 2.50 bits per heavy atom. The molecule has 2 unspecified atom stereocenters. The Morgan fingerprint density at radius 1 is 1.35 bits per heavy atom. The second kappa shape index (κ2) is 7.02. The zero-order chi connectivity index (χ0) is 15.3. The molecule has 0 aromatic heterocycles. The first-order valence-electron chi connectivity index (χ1n) is 6.63. The van der Waals surface area contributed by atoms with Gasteiger partial charge in [0.2, 0.25) is 5.91 Å². The van der Waals surface area contributed by atoms with Crippen molar-refractivity contribution in [3.63, 3.8) is 0 Å². The van der Waals surface area contributed by atoms with E-state index in [1.807, 2.05) is 6.92 Å². The van der Waals surface area contributed by atoms with E-state index in [2.05, 4.69) is 0 Å². The van der Waals surface area contributed by atoms with Crippen LogP contribution in [0.1, 0.15) is 39.5 Å². The van der Waals surface area contributed by atoms with E-state index in [9.17, 15) is 19.2 Å². The molecule has 0 aliphatic carbocycles. The molecule has 20 heavy (non-hydrogen) atoms. The van der Waals surface area contributed by atoms with Crippen LogP contribution in [0, 0.1) is 5.92 Å². The summed E-state index contributed by atoms with van der Waals surface area (Å²) >= 11 is 0. The summed E-state index contributed by atoms with van der Waals surface area (Å²) in [5.41, 5.74) is 0. The number of piperidine rings is 1. The highest BCUT2D eigenvalue weighted by Crippen LogP contribution is 2.25. The van der Waals surface area contributed by atoms with Gasteiger partial charge in [0.25, 0.3) is 0 Å². The van der Waals surface area contributed by atoms with E-state index in [0.29, 0.717) is 11.3 Å². The summed E-state index contributed by atoms with van der Waals surface area (Å²) in [4.78, 5) is 47.1. The number of Topliss-reactive ketones (excluding diaryl/α,β-unsaturated/α-hetero) is 1. The quantitative estimate of drug-likeness (QED) is 0.601. The van der Waals surface area contributed by atoms with Crippen molar-refractivity contribution in [1.82, 2.24) is 4.90 Å². The van der Waals surface area contributed by atoms with Crippen molar-refractivity contribution in [3.8, 4) is 0 Å². The number of hydrogen-bond donors (Lipinski definition) is 1. The van der Waals surface area contributed by atoms with E-state index in [1.165, 1.54) is 6.92 Å². The number of rotatable bonds is 5. The number of amides is 2. The number of carbonyl (C=O) groups excluding carboxylic acids is 3. The summed E-state index contributed by atoms with van der Waals surface area (Å²) in [5, 5.41) is 9.09. The van der Waals surface area contributed by atoms with Gasteiger partial charge in [0.1, 0.15) is 11.8 Å². The van der Waals surface area contributed by atoms with Crippen molar-refractivity contribution < 1.29 is 29.0 Å². The van der Waals surface area contributed by atoms with E-state index in [0.717, 1.165) is 6.42 Å². The Bertz CT molecular complexity index is 419. The first kappa shape index (κ1) is 16.1. The highest BCUT2D eigenvalue weighted by Gasteiger charge is 2.44. The van der Waals surface area contributed by atoms with E-state index in [4.69, 9.17) is 9.84 Å². The topological polar surface area (TPSA) is 101 Å². The van der Waals surface area contributed by atoms with Gasteiger partial charge in [0.05, 0.1) is 12.5 Å².